The molecule has 0 bridgehead atoms. The first kappa shape index (κ1) is 34.6. The van der Waals surface area contributed by atoms with Gasteiger partial charge in [0.25, 0.3) is 0 Å². The summed E-state index contributed by atoms with van der Waals surface area (Å²) in [6.45, 7) is 5.67. The maximum absolute atomic E-state index is 12.8. The third-order valence-corrected chi connectivity index (χ3v) is 10.3. The molecule has 1 aliphatic heterocycles. The Labute approximate surface area is 299 Å². The van der Waals surface area contributed by atoms with Gasteiger partial charge < -0.3 is 18.5 Å². The second kappa shape index (κ2) is 16.0. The quantitative estimate of drug-likeness (QED) is 0.0850. The van der Waals surface area contributed by atoms with E-state index in [4.69, 9.17) is 18.5 Å². The van der Waals surface area contributed by atoms with Crippen LogP contribution < -0.4 is 13.8 Å². The van der Waals surface area contributed by atoms with Gasteiger partial charge in [0.15, 0.2) is 0 Å². The first-order valence-corrected chi connectivity index (χ1v) is 19.3. The van der Waals surface area contributed by atoms with Crippen molar-refractivity contribution in [1.82, 2.24) is 0 Å². The number of benzene rings is 6. The fourth-order valence-corrected chi connectivity index (χ4v) is 7.59. The van der Waals surface area contributed by atoms with E-state index in [1.165, 1.54) is 24.8 Å². The lowest BCUT2D eigenvalue weighted by Gasteiger charge is -2.14. The van der Waals surface area contributed by atoms with E-state index in [-0.39, 0.29) is 0 Å². The molecule has 0 aromatic heterocycles. The minimum atomic E-state index is -4.33. The average molecular weight is 699 g/mol. The Morgan fingerprint density at radius 2 is 1.22 bits per heavy atom. The van der Waals surface area contributed by atoms with Crippen molar-refractivity contribution in [2.75, 3.05) is 6.61 Å². The van der Waals surface area contributed by atoms with Gasteiger partial charge in [-0.25, -0.2) is 4.57 Å². The lowest BCUT2D eigenvalue weighted by molar-refractivity contribution is 0.107. The van der Waals surface area contributed by atoms with Gasteiger partial charge in [-0.05, 0) is 87.3 Å². The molecule has 1 N–H and O–H groups in total. The minimum absolute atomic E-state index is 0.347. The van der Waals surface area contributed by atoms with Crippen molar-refractivity contribution in [3.8, 4) is 28.4 Å². The van der Waals surface area contributed by atoms with Crippen LogP contribution in [0, 0.1) is 0 Å². The highest BCUT2D eigenvalue weighted by Gasteiger charge is 2.33. The van der Waals surface area contributed by atoms with Crippen molar-refractivity contribution in [2.45, 2.75) is 58.2 Å². The van der Waals surface area contributed by atoms with Crippen molar-refractivity contribution < 1.29 is 28.0 Å². The lowest BCUT2D eigenvalue weighted by Crippen LogP contribution is -1.98. The number of hydrogen-bond acceptors (Lipinski definition) is 5. The number of phosphoric ester groups is 1. The van der Waals surface area contributed by atoms with E-state index >= 15 is 0 Å². The largest absolute Gasteiger partial charge is 0.584 e. The average Bonchev–Trinajstić information content (AvgIpc) is 3.27. The summed E-state index contributed by atoms with van der Waals surface area (Å²) < 4.78 is 35.8. The second-order valence-corrected chi connectivity index (χ2v) is 14.4. The molecule has 0 radical (unpaired) electrons. The molecule has 6 aromatic carbocycles. The van der Waals surface area contributed by atoms with E-state index in [1.807, 2.05) is 66.7 Å². The predicted molar refractivity (Wildman–Crippen MR) is 206 cm³/mol. The number of hydrogen-bond donors (Lipinski definition) is 1. The van der Waals surface area contributed by atoms with E-state index in [9.17, 15) is 9.46 Å². The van der Waals surface area contributed by atoms with Gasteiger partial charge in [0.05, 0.1) is 19.8 Å². The molecule has 1 unspecified atom stereocenters. The Hall–Kier alpha value is -4.87. The SMILES string of the molecule is C=Cc1ccc(COCc2ccc(OCCCCCCCCc3ccc4c5c(ccc4c3)OP(=O)(O)Oc3ccc4ccccc4c3-5)cc2)cc1. The number of unbranched alkanes of at least 4 members (excludes halogenated alkanes) is 5. The molecule has 6 nitrogen and oxygen atoms in total. The molecule has 0 saturated heterocycles. The summed E-state index contributed by atoms with van der Waals surface area (Å²) in [5.41, 5.74) is 6.24. The van der Waals surface area contributed by atoms with Crippen molar-refractivity contribution in [1.29, 1.82) is 0 Å². The Morgan fingerprint density at radius 3 is 1.92 bits per heavy atom. The summed E-state index contributed by atoms with van der Waals surface area (Å²) in [5, 5.41) is 4.00. The first-order valence-electron chi connectivity index (χ1n) is 17.8. The van der Waals surface area contributed by atoms with Gasteiger partial charge in [0, 0.05) is 11.1 Å². The summed E-state index contributed by atoms with van der Waals surface area (Å²) in [6.07, 6.45) is 9.76. The van der Waals surface area contributed by atoms with Crippen LogP contribution in [0.5, 0.6) is 17.2 Å². The predicted octanol–water partition coefficient (Wildman–Crippen LogP) is 11.9. The summed E-state index contributed by atoms with van der Waals surface area (Å²) >= 11 is 0. The van der Waals surface area contributed by atoms with E-state index in [0.29, 0.717) is 24.7 Å². The highest BCUT2D eigenvalue weighted by Crippen LogP contribution is 2.56. The molecule has 7 heteroatoms. The zero-order valence-corrected chi connectivity index (χ0v) is 29.7. The van der Waals surface area contributed by atoms with Gasteiger partial charge in [0.1, 0.15) is 17.2 Å². The van der Waals surface area contributed by atoms with E-state index in [1.54, 1.807) is 12.1 Å². The molecule has 1 atom stereocenters. The Morgan fingerprint density at radius 1 is 0.627 bits per heavy atom. The number of fused-ring (bicyclic) bond motifs is 7. The topological polar surface area (TPSA) is 74.2 Å². The van der Waals surface area contributed by atoms with E-state index < -0.39 is 7.82 Å². The molecule has 0 spiro atoms. The van der Waals surface area contributed by atoms with Crippen molar-refractivity contribution >= 4 is 35.4 Å². The zero-order valence-electron chi connectivity index (χ0n) is 28.8. The van der Waals surface area contributed by atoms with Gasteiger partial charge in [-0.2, -0.15) is 0 Å². The third kappa shape index (κ3) is 8.54. The van der Waals surface area contributed by atoms with Crippen LogP contribution in [0.4, 0.5) is 0 Å². The lowest BCUT2D eigenvalue weighted by atomic mass is 9.91. The van der Waals surface area contributed by atoms with Crippen LogP contribution >= 0.6 is 7.82 Å². The van der Waals surface area contributed by atoms with Crippen LogP contribution in [0.1, 0.15) is 60.8 Å². The number of rotatable bonds is 15. The summed E-state index contributed by atoms with van der Waals surface area (Å²) in [5.74, 6) is 1.60. The molecule has 260 valence electrons. The summed E-state index contributed by atoms with van der Waals surface area (Å²) in [4.78, 5) is 10.5. The summed E-state index contributed by atoms with van der Waals surface area (Å²) in [6, 6.07) is 38.3. The monoisotopic (exact) mass is 698 g/mol. The van der Waals surface area contributed by atoms with Crippen LogP contribution in [-0.2, 0) is 28.9 Å². The molecule has 6 aromatic rings. The standard InChI is InChI=1S/C44H43O6P/c1-2-32-14-16-34(17-15-32)30-47-31-35-18-23-38(24-19-35)48-28-10-6-4-3-5-7-11-33-20-25-40-37(29-33)22-27-42-44(40)43-39-13-9-8-12-36(39)21-26-41(43)49-51(45,46)50-42/h2,8-9,12-27,29H,1,3-7,10-11,28,30-31H2,(H,45,46). The number of phosphoric acid groups is 1. The second-order valence-electron chi connectivity index (χ2n) is 13.1. The molecule has 0 saturated carbocycles. The fraction of sp³-hybridized carbons (Fsp3) is 0.227. The minimum Gasteiger partial charge on any atom is -0.494 e. The number of ether oxygens (including phenoxy) is 2. The molecule has 1 heterocycles. The molecular formula is C44H43O6P. The molecule has 1 aliphatic rings. The van der Waals surface area contributed by atoms with Crippen LogP contribution in [0.2, 0.25) is 0 Å². The fourth-order valence-electron chi connectivity index (χ4n) is 6.75. The van der Waals surface area contributed by atoms with Gasteiger partial charge in [0.2, 0.25) is 0 Å². The molecule has 0 amide bonds. The van der Waals surface area contributed by atoms with Crippen molar-refractivity contribution in [2.24, 2.45) is 0 Å². The van der Waals surface area contributed by atoms with Gasteiger partial charge in [-0.15, -0.1) is 0 Å². The van der Waals surface area contributed by atoms with Crippen molar-refractivity contribution in [3.05, 3.63) is 144 Å². The molecular weight excluding hydrogens is 655 g/mol. The number of aryl methyl sites for hydroxylation is 1. The van der Waals surface area contributed by atoms with Crippen LogP contribution in [0.25, 0.3) is 38.7 Å². The molecule has 0 fully saturated rings. The van der Waals surface area contributed by atoms with Crippen LogP contribution in [0.3, 0.4) is 0 Å². The molecule has 7 rings (SSSR count). The van der Waals surface area contributed by atoms with Crippen LogP contribution in [0.15, 0.2) is 122 Å². The normalized spacial score (nSPS) is 15.0. The Bertz CT molecular complexity index is 2170. The Kier molecular flexibility index (Phi) is 10.8. The Balaban J connectivity index is 0.846. The maximum Gasteiger partial charge on any atom is 0.584 e. The summed E-state index contributed by atoms with van der Waals surface area (Å²) in [7, 11) is -4.33. The molecule has 51 heavy (non-hydrogen) atoms. The maximum atomic E-state index is 12.8. The molecule has 0 aliphatic carbocycles. The highest BCUT2D eigenvalue weighted by atomic mass is 31.2. The van der Waals surface area contributed by atoms with Gasteiger partial charge in [-0.3, -0.25) is 4.89 Å². The first-order chi connectivity index (χ1) is 25.0. The van der Waals surface area contributed by atoms with Gasteiger partial charge >= 0.3 is 7.82 Å². The van der Waals surface area contributed by atoms with Crippen LogP contribution in [-0.4, -0.2) is 11.5 Å². The smallest absolute Gasteiger partial charge is 0.494 e. The van der Waals surface area contributed by atoms with E-state index in [0.717, 1.165) is 87.4 Å². The zero-order chi connectivity index (χ0) is 35.0. The van der Waals surface area contributed by atoms with Gasteiger partial charge in [-0.1, -0.05) is 129 Å². The highest BCUT2D eigenvalue weighted by molar-refractivity contribution is 7.48. The van der Waals surface area contributed by atoms with Crippen molar-refractivity contribution in [3.63, 3.8) is 0 Å². The van der Waals surface area contributed by atoms with E-state index in [2.05, 4.69) is 49.0 Å². The third-order valence-electron chi connectivity index (χ3n) is 9.42.